The van der Waals surface area contributed by atoms with Crippen LogP contribution in [0.3, 0.4) is 0 Å². The van der Waals surface area contributed by atoms with Gasteiger partial charge in [0.05, 0.1) is 0 Å². The maximum atomic E-state index is 2.51. The molecule has 48 heavy (non-hydrogen) atoms. The van der Waals surface area contributed by atoms with Crippen LogP contribution in [-0.4, -0.2) is 14.5 Å². The molecule has 0 spiro atoms. The number of nitrogens with zero attached hydrogens (tertiary/aromatic N) is 1. The molecule has 0 saturated carbocycles. The zero-order chi connectivity index (χ0) is 32.4. The van der Waals surface area contributed by atoms with Crippen LogP contribution in [-0.2, 0) is 10.8 Å². The third-order valence-corrected chi connectivity index (χ3v) is 13.8. The summed E-state index contributed by atoms with van der Waals surface area (Å²) in [6.45, 7) is 9.50. The van der Waals surface area contributed by atoms with E-state index in [9.17, 15) is 0 Å². The molecule has 1 heterocycles. The number of rotatable bonds is 3. The molecule has 230 valence electrons. The summed E-state index contributed by atoms with van der Waals surface area (Å²) in [6.07, 6.45) is 0. The van der Waals surface area contributed by atoms with Gasteiger partial charge in [0.15, 0.2) is 0 Å². The van der Waals surface area contributed by atoms with Gasteiger partial charge in [-0.15, -0.1) is 0 Å². The summed E-state index contributed by atoms with van der Waals surface area (Å²) in [7, 11) is 0. The molecule has 2 aliphatic rings. The van der Waals surface area contributed by atoms with Gasteiger partial charge in [-0.05, 0) is 0 Å². The first kappa shape index (κ1) is 28.2. The minimum atomic E-state index is -0.0757. The first-order valence-electron chi connectivity index (χ1n) is 16.9. The summed E-state index contributed by atoms with van der Waals surface area (Å²) in [6, 6.07) is 52.9. The van der Waals surface area contributed by atoms with E-state index in [0.29, 0.717) is 0 Å². The van der Waals surface area contributed by atoms with Gasteiger partial charge in [0.1, 0.15) is 0 Å². The third kappa shape index (κ3) is 3.79. The van der Waals surface area contributed by atoms with E-state index in [4.69, 9.17) is 0 Å². The SMILES string of the molecule is CC1(C)c2ccccc2-c2ccc(N(c3ccc4c(c3)C(C)(C)c3ccccc3-4)c3ccc4ccc5c6ccccc6[se]c5c4c3)cc21. The van der Waals surface area contributed by atoms with Crippen LogP contribution in [0.1, 0.15) is 49.9 Å². The van der Waals surface area contributed by atoms with Gasteiger partial charge in [0.2, 0.25) is 0 Å². The number of hydrogen-bond donors (Lipinski definition) is 0. The minimum absolute atomic E-state index is 0.0757. The third-order valence-electron chi connectivity index (χ3n) is 11.3. The average Bonchev–Trinajstić information content (AvgIpc) is 3.69. The van der Waals surface area contributed by atoms with E-state index in [2.05, 4.69) is 172 Å². The molecule has 0 atom stereocenters. The van der Waals surface area contributed by atoms with Gasteiger partial charge >= 0.3 is 289 Å². The van der Waals surface area contributed by atoms with Gasteiger partial charge in [-0.2, -0.15) is 0 Å². The van der Waals surface area contributed by atoms with Crippen LogP contribution in [0.2, 0.25) is 0 Å². The van der Waals surface area contributed by atoms with Gasteiger partial charge in [0.25, 0.3) is 0 Å². The van der Waals surface area contributed by atoms with Crippen molar-refractivity contribution in [3.63, 3.8) is 0 Å². The summed E-state index contributed by atoms with van der Waals surface area (Å²) in [4.78, 5) is 2.51. The van der Waals surface area contributed by atoms with Crippen molar-refractivity contribution >= 4 is 61.6 Å². The van der Waals surface area contributed by atoms with Crippen LogP contribution in [0, 0.1) is 0 Å². The molecular weight excluding hydrogens is 645 g/mol. The Morgan fingerprint density at radius 2 is 0.917 bits per heavy atom. The summed E-state index contributed by atoms with van der Waals surface area (Å²) >= 11 is 0.279. The van der Waals surface area contributed by atoms with Crippen molar-refractivity contribution in [3.05, 3.63) is 162 Å². The Hall–Kier alpha value is -4.88. The number of anilines is 3. The first-order chi connectivity index (χ1) is 23.3. The molecule has 2 heteroatoms. The zero-order valence-corrected chi connectivity index (χ0v) is 29.3. The molecule has 0 saturated heterocycles. The second-order valence-electron chi connectivity index (χ2n) is 14.6. The molecule has 0 amide bonds. The standard InChI is InChI=1S/C46H35NSe/c1-45(2)39-14-8-5-11-32(39)34-23-20-30(26-41(34)45)47(31-21-24-35-33-12-6-9-15-40(33)46(3,4)42(35)27-31)29-19-17-28-18-22-37-36-13-7-10-16-43(36)48-44(37)38(28)25-29/h5-27H,1-4H3. The fourth-order valence-electron chi connectivity index (χ4n) is 8.74. The Morgan fingerprint density at radius 1 is 0.417 bits per heavy atom. The number of fused-ring (bicyclic) bond motifs is 11. The van der Waals surface area contributed by atoms with Gasteiger partial charge in [-0.25, -0.2) is 0 Å². The maximum absolute atomic E-state index is 2.51. The average molecular weight is 681 g/mol. The topological polar surface area (TPSA) is 3.24 Å². The van der Waals surface area contributed by atoms with Crippen molar-refractivity contribution < 1.29 is 0 Å². The second kappa shape index (κ2) is 9.83. The van der Waals surface area contributed by atoms with Crippen LogP contribution >= 0.6 is 0 Å². The fourth-order valence-corrected chi connectivity index (χ4v) is 11.3. The molecule has 1 aromatic heterocycles. The van der Waals surface area contributed by atoms with E-state index >= 15 is 0 Å². The van der Waals surface area contributed by atoms with Gasteiger partial charge in [0, 0.05) is 0 Å². The Labute approximate surface area is 287 Å². The molecule has 10 rings (SSSR count). The Kier molecular flexibility index (Phi) is 5.77. The predicted molar refractivity (Wildman–Crippen MR) is 206 cm³/mol. The molecule has 1 nitrogen and oxygen atoms in total. The molecule has 0 aliphatic heterocycles. The van der Waals surface area contributed by atoms with E-state index in [-0.39, 0.29) is 25.3 Å². The van der Waals surface area contributed by atoms with E-state index in [1.807, 2.05) is 0 Å². The molecular formula is C46H35NSe. The van der Waals surface area contributed by atoms with Crippen molar-refractivity contribution in [2.45, 2.75) is 38.5 Å². The quantitative estimate of drug-likeness (QED) is 0.168. The molecule has 0 radical (unpaired) electrons. The molecule has 0 unspecified atom stereocenters. The zero-order valence-electron chi connectivity index (χ0n) is 27.6. The van der Waals surface area contributed by atoms with Gasteiger partial charge < -0.3 is 0 Å². The van der Waals surface area contributed by atoms with Gasteiger partial charge in [-0.3, -0.25) is 0 Å². The van der Waals surface area contributed by atoms with Crippen LogP contribution in [0.25, 0.3) is 52.3 Å². The van der Waals surface area contributed by atoms with Crippen molar-refractivity contribution in [2.24, 2.45) is 0 Å². The van der Waals surface area contributed by atoms with Crippen molar-refractivity contribution in [1.82, 2.24) is 0 Å². The summed E-state index contributed by atoms with van der Waals surface area (Å²) in [5, 5.41) is 5.48. The van der Waals surface area contributed by atoms with E-state index in [1.165, 1.54) is 91.6 Å². The summed E-state index contributed by atoms with van der Waals surface area (Å²) in [5.74, 6) is 0. The molecule has 8 aromatic rings. The first-order valence-corrected chi connectivity index (χ1v) is 18.6. The Bertz CT molecular complexity index is 2530. The normalized spacial score (nSPS) is 15.0. The number of benzene rings is 7. The Balaban J connectivity index is 1.22. The van der Waals surface area contributed by atoms with E-state index < -0.39 is 0 Å². The molecule has 0 bridgehead atoms. The molecule has 0 fully saturated rings. The van der Waals surface area contributed by atoms with Crippen molar-refractivity contribution in [3.8, 4) is 22.3 Å². The molecule has 0 N–H and O–H groups in total. The summed E-state index contributed by atoms with van der Waals surface area (Å²) < 4.78 is 2.98. The van der Waals surface area contributed by atoms with E-state index in [1.54, 1.807) is 0 Å². The molecule has 7 aromatic carbocycles. The molecule has 2 aliphatic carbocycles. The van der Waals surface area contributed by atoms with Crippen molar-refractivity contribution in [1.29, 1.82) is 0 Å². The van der Waals surface area contributed by atoms with Gasteiger partial charge in [-0.1, -0.05) is 0 Å². The number of hydrogen-bond acceptors (Lipinski definition) is 1. The monoisotopic (exact) mass is 681 g/mol. The Morgan fingerprint density at radius 3 is 1.56 bits per heavy atom. The summed E-state index contributed by atoms with van der Waals surface area (Å²) in [5.41, 5.74) is 14.4. The van der Waals surface area contributed by atoms with E-state index in [0.717, 1.165) is 0 Å². The van der Waals surface area contributed by atoms with Crippen LogP contribution in [0.4, 0.5) is 17.1 Å². The van der Waals surface area contributed by atoms with Crippen LogP contribution < -0.4 is 4.90 Å². The van der Waals surface area contributed by atoms with Crippen molar-refractivity contribution in [2.75, 3.05) is 4.90 Å². The van der Waals surface area contributed by atoms with Crippen LogP contribution in [0.5, 0.6) is 0 Å². The fraction of sp³-hybridized carbons (Fsp3) is 0.130. The second-order valence-corrected chi connectivity index (χ2v) is 16.8. The van der Waals surface area contributed by atoms with Crippen LogP contribution in [0.15, 0.2) is 140 Å². The predicted octanol–water partition coefficient (Wildman–Crippen LogP) is 12.3.